The number of hydrogen-bond donors (Lipinski definition) is 1. The first-order valence-corrected chi connectivity index (χ1v) is 7.28. The van der Waals surface area contributed by atoms with Gasteiger partial charge in [0.1, 0.15) is 0 Å². The zero-order valence-electron chi connectivity index (χ0n) is 11.5. The third kappa shape index (κ3) is 3.67. The number of hydrogen-bond acceptors (Lipinski definition) is 3. The molecule has 0 heterocycles. The van der Waals surface area contributed by atoms with Crippen molar-refractivity contribution in [2.75, 3.05) is 19.5 Å². The van der Waals surface area contributed by atoms with Gasteiger partial charge in [0.25, 0.3) is 0 Å². The maximum atomic E-state index is 6.17. The molecule has 6 heteroatoms. The zero-order valence-corrected chi connectivity index (χ0v) is 13.8. The van der Waals surface area contributed by atoms with Crippen LogP contribution in [0.3, 0.4) is 0 Å². The van der Waals surface area contributed by atoms with Crippen LogP contribution in [-0.4, -0.2) is 14.2 Å². The molecule has 0 saturated carbocycles. The van der Waals surface area contributed by atoms with Crippen molar-refractivity contribution in [2.24, 2.45) is 0 Å². The average molecular weight is 347 g/mol. The number of benzene rings is 2. The molecule has 3 nitrogen and oxygen atoms in total. The number of para-hydroxylation sites is 1. The maximum Gasteiger partial charge on any atom is 0.179 e. The molecule has 0 amide bonds. The van der Waals surface area contributed by atoms with E-state index >= 15 is 0 Å². The summed E-state index contributed by atoms with van der Waals surface area (Å²) < 4.78 is 10.5. The molecule has 2 aromatic carbocycles. The van der Waals surface area contributed by atoms with Crippen LogP contribution in [0.4, 0.5) is 5.69 Å². The van der Waals surface area contributed by atoms with E-state index in [-0.39, 0.29) is 0 Å². The van der Waals surface area contributed by atoms with E-state index in [2.05, 4.69) is 5.32 Å². The van der Waals surface area contributed by atoms with Gasteiger partial charge in [-0.2, -0.15) is 0 Å². The Labute approximate surface area is 138 Å². The second-order valence-electron chi connectivity index (χ2n) is 4.26. The van der Waals surface area contributed by atoms with Crippen molar-refractivity contribution in [1.82, 2.24) is 0 Å². The zero-order chi connectivity index (χ0) is 15.4. The summed E-state index contributed by atoms with van der Waals surface area (Å²) in [6.07, 6.45) is 0. The number of rotatable bonds is 5. The minimum atomic E-state index is 0.485. The van der Waals surface area contributed by atoms with Crippen LogP contribution in [0, 0.1) is 0 Å². The van der Waals surface area contributed by atoms with E-state index in [0.29, 0.717) is 38.8 Å². The van der Waals surface area contributed by atoms with E-state index in [1.807, 2.05) is 6.07 Å². The Morgan fingerprint density at radius 1 is 0.952 bits per heavy atom. The van der Waals surface area contributed by atoms with Crippen molar-refractivity contribution in [3.63, 3.8) is 0 Å². The quantitative estimate of drug-likeness (QED) is 0.799. The molecule has 0 spiro atoms. The normalized spacial score (nSPS) is 10.3. The lowest BCUT2D eigenvalue weighted by Crippen LogP contribution is -2.02. The van der Waals surface area contributed by atoms with E-state index in [4.69, 9.17) is 44.3 Å². The van der Waals surface area contributed by atoms with Crippen molar-refractivity contribution in [2.45, 2.75) is 6.54 Å². The van der Waals surface area contributed by atoms with Crippen molar-refractivity contribution >= 4 is 40.5 Å². The van der Waals surface area contributed by atoms with Crippen LogP contribution in [0.2, 0.25) is 15.1 Å². The summed E-state index contributed by atoms with van der Waals surface area (Å²) in [6.45, 7) is 0.503. The van der Waals surface area contributed by atoms with Gasteiger partial charge >= 0.3 is 0 Å². The summed E-state index contributed by atoms with van der Waals surface area (Å²) in [5.74, 6) is 1.09. The third-order valence-electron chi connectivity index (χ3n) is 2.93. The predicted octanol–water partition coefficient (Wildman–Crippen LogP) is 5.28. The molecule has 0 fully saturated rings. The van der Waals surface area contributed by atoms with Crippen LogP contribution >= 0.6 is 34.8 Å². The van der Waals surface area contributed by atoms with E-state index in [0.717, 1.165) is 5.56 Å². The first-order valence-electron chi connectivity index (χ1n) is 6.15. The Balaban J connectivity index is 2.23. The van der Waals surface area contributed by atoms with Crippen LogP contribution < -0.4 is 14.8 Å². The van der Waals surface area contributed by atoms with E-state index in [9.17, 15) is 0 Å². The molecular formula is C15H14Cl3NO2. The summed E-state index contributed by atoms with van der Waals surface area (Å²) in [5.41, 5.74) is 1.61. The molecule has 2 rings (SSSR count). The fraction of sp³-hybridized carbons (Fsp3) is 0.200. The van der Waals surface area contributed by atoms with Gasteiger partial charge in [-0.25, -0.2) is 0 Å². The second kappa shape index (κ2) is 7.12. The Morgan fingerprint density at radius 3 is 2.19 bits per heavy atom. The SMILES string of the molecule is COc1cc(CNc2c(Cl)cccc2Cl)cc(Cl)c1OC. The molecule has 2 aromatic rings. The van der Waals surface area contributed by atoms with Gasteiger partial charge in [-0.1, -0.05) is 40.9 Å². The first-order chi connectivity index (χ1) is 10.1. The van der Waals surface area contributed by atoms with Crippen molar-refractivity contribution < 1.29 is 9.47 Å². The van der Waals surface area contributed by atoms with E-state index in [1.165, 1.54) is 0 Å². The summed E-state index contributed by atoms with van der Waals surface area (Å²) in [4.78, 5) is 0. The Kier molecular flexibility index (Phi) is 5.45. The van der Waals surface area contributed by atoms with Crippen LogP contribution in [0.15, 0.2) is 30.3 Å². The fourth-order valence-corrected chi connectivity index (χ4v) is 2.77. The molecule has 0 bridgehead atoms. The number of methoxy groups -OCH3 is 2. The Morgan fingerprint density at radius 2 is 1.62 bits per heavy atom. The molecule has 0 aromatic heterocycles. The highest BCUT2D eigenvalue weighted by molar-refractivity contribution is 6.39. The van der Waals surface area contributed by atoms with Crippen molar-refractivity contribution in [3.05, 3.63) is 51.0 Å². The Bertz CT molecular complexity index is 627. The molecule has 0 atom stereocenters. The second-order valence-corrected chi connectivity index (χ2v) is 5.48. The standard InChI is InChI=1S/C15H14Cl3NO2/c1-20-13-7-9(6-12(18)15(13)21-2)8-19-14-10(16)4-3-5-11(14)17/h3-7,19H,8H2,1-2H3. The van der Waals surface area contributed by atoms with E-state index < -0.39 is 0 Å². The molecule has 0 saturated heterocycles. The third-order valence-corrected chi connectivity index (χ3v) is 3.84. The maximum absolute atomic E-state index is 6.17. The lowest BCUT2D eigenvalue weighted by Gasteiger charge is -2.14. The molecule has 21 heavy (non-hydrogen) atoms. The van der Waals surface area contributed by atoms with Gasteiger partial charge in [-0.15, -0.1) is 0 Å². The molecular weight excluding hydrogens is 333 g/mol. The van der Waals surface area contributed by atoms with Gasteiger partial charge in [0.05, 0.1) is 35.0 Å². The molecule has 0 aliphatic carbocycles. The smallest absolute Gasteiger partial charge is 0.179 e. The lowest BCUT2D eigenvalue weighted by molar-refractivity contribution is 0.355. The minimum Gasteiger partial charge on any atom is -0.493 e. The van der Waals surface area contributed by atoms with Crippen LogP contribution in [0.25, 0.3) is 0 Å². The summed E-state index contributed by atoms with van der Waals surface area (Å²) in [5, 5.41) is 4.81. The Hall–Kier alpha value is -1.29. The van der Waals surface area contributed by atoms with Gasteiger partial charge in [0.15, 0.2) is 11.5 Å². The average Bonchev–Trinajstić information content (AvgIpc) is 2.46. The largest absolute Gasteiger partial charge is 0.493 e. The lowest BCUT2D eigenvalue weighted by atomic mass is 10.2. The highest BCUT2D eigenvalue weighted by Gasteiger charge is 2.11. The van der Waals surface area contributed by atoms with Gasteiger partial charge in [-0.05, 0) is 29.8 Å². The highest BCUT2D eigenvalue weighted by atomic mass is 35.5. The monoisotopic (exact) mass is 345 g/mol. The molecule has 0 aliphatic rings. The number of nitrogens with one attached hydrogen (secondary N) is 1. The fourth-order valence-electron chi connectivity index (χ4n) is 1.93. The molecule has 0 unspecified atom stereocenters. The molecule has 0 radical (unpaired) electrons. The minimum absolute atomic E-state index is 0.485. The number of anilines is 1. The topological polar surface area (TPSA) is 30.5 Å². The molecule has 0 aliphatic heterocycles. The van der Waals surface area contributed by atoms with Gasteiger partial charge in [0, 0.05) is 6.54 Å². The first kappa shape index (κ1) is 16.1. The van der Waals surface area contributed by atoms with Crippen LogP contribution in [0.1, 0.15) is 5.56 Å². The highest BCUT2D eigenvalue weighted by Crippen LogP contribution is 2.36. The van der Waals surface area contributed by atoms with Crippen molar-refractivity contribution in [3.8, 4) is 11.5 Å². The van der Waals surface area contributed by atoms with Crippen LogP contribution in [-0.2, 0) is 6.54 Å². The van der Waals surface area contributed by atoms with Gasteiger partial charge in [-0.3, -0.25) is 0 Å². The molecule has 112 valence electrons. The van der Waals surface area contributed by atoms with Gasteiger partial charge < -0.3 is 14.8 Å². The summed E-state index contributed by atoms with van der Waals surface area (Å²) in [7, 11) is 3.11. The molecule has 1 N–H and O–H groups in total. The summed E-state index contributed by atoms with van der Waals surface area (Å²) >= 11 is 18.4. The van der Waals surface area contributed by atoms with Crippen molar-refractivity contribution in [1.29, 1.82) is 0 Å². The number of halogens is 3. The number of ether oxygens (including phenoxy) is 2. The van der Waals surface area contributed by atoms with Crippen LogP contribution in [0.5, 0.6) is 11.5 Å². The predicted molar refractivity (Wildman–Crippen MR) is 88.3 cm³/mol. The summed E-state index contributed by atoms with van der Waals surface area (Å²) in [6, 6.07) is 9.00. The van der Waals surface area contributed by atoms with Gasteiger partial charge in [0.2, 0.25) is 0 Å². The van der Waals surface area contributed by atoms with E-state index in [1.54, 1.807) is 38.5 Å².